The van der Waals surface area contributed by atoms with E-state index in [1.165, 1.54) is 193 Å². The number of amides is 1. The number of rotatable bonds is 51. The maximum atomic E-state index is 12.5. The van der Waals surface area contributed by atoms with Gasteiger partial charge in [-0.15, -0.1) is 0 Å². The van der Waals surface area contributed by atoms with Crippen molar-refractivity contribution in [1.82, 2.24) is 5.32 Å². The van der Waals surface area contributed by atoms with E-state index in [1.807, 2.05) is 0 Å². The lowest BCUT2D eigenvalue weighted by Gasteiger charge is -2.22. The average Bonchev–Trinajstić information content (AvgIpc) is 3.26. The van der Waals surface area contributed by atoms with Crippen molar-refractivity contribution in [2.75, 3.05) is 13.2 Å². The molecular weight excluding hydrogens is 755 g/mol. The van der Waals surface area contributed by atoms with Gasteiger partial charge in [0.2, 0.25) is 5.91 Å². The van der Waals surface area contributed by atoms with E-state index in [9.17, 15) is 19.8 Å². The molecule has 0 radical (unpaired) electrons. The summed E-state index contributed by atoms with van der Waals surface area (Å²) in [5, 5.41) is 23.3. The molecule has 1 amide bonds. The number of unbranched alkanes of at least 4 members (excludes halogenated alkanes) is 38. The Hall–Kier alpha value is -1.40. The van der Waals surface area contributed by atoms with Crippen LogP contribution in [0, 0.1) is 0 Å². The van der Waals surface area contributed by atoms with Gasteiger partial charge < -0.3 is 20.3 Å². The number of aliphatic hydroxyl groups excluding tert-OH is 2. The Morgan fingerprint density at radius 2 is 0.770 bits per heavy atom. The normalized spacial score (nSPS) is 12.7. The molecule has 2 atom stereocenters. The van der Waals surface area contributed by atoms with Gasteiger partial charge in [0.15, 0.2) is 0 Å². The first-order valence-electron chi connectivity index (χ1n) is 27.4. The monoisotopic (exact) mass is 862 g/mol. The SMILES string of the molecule is CCCCCCCCCCCCCCCCCCCCC(O)C(CO)NC(=O)CCCCCC/C=C\CCCCOC(=O)CCCCCCCCCCCCCCCCCC. The number of carbonyl (C=O) groups excluding carboxylic acids is 2. The van der Waals surface area contributed by atoms with E-state index >= 15 is 0 Å². The fourth-order valence-electron chi connectivity index (χ4n) is 8.58. The molecule has 2 unspecified atom stereocenters. The molecule has 3 N–H and O–H groups in total. The van der Waals surface area contributed by atoms with Crippen LogP contribution in [-0.2, 0) is 14.3 Å². The second-order valence-corrected chi connectivity index (χ2v) is 18.9. The van der Waals surface area contributed by atoms with Gasteiger partial charge in [-0.05, 0) is 51.4 Å². The molecule has 0 aromatic heterocycles. The van der Waals surface area contributed by atoms with Gasteiger partial charge in [0, 0.05) is 12.8 Å². The number of hydrogen-bond donors (Lipinski definition) is 3. The predicted molar refractivity (Wildman–Crippen MR) is 264 cm³/mol. The van der Waals surface area contributed by atoms with Crippen LogP contribution < -0.4 is 5.32 Å². The van der Waals surface area contributed by atoms with E-state index in [-0.39, 0.29) is 18.5 Å². The molecule has 0 aliphatic heterocycles. The largest absolute Gasteiger partial charge is 0.466 e. The molecule has 0 bridgehead atoms. The Labute approximate surface area is 380 Å². The number of allylic oxidation sites excluding steroid dienone is 2. The summed E-state index contributed by atoms with van der Waals surface area (Å²) in [6.45, 7) is 4.89. The number of hydrogen-bond acceptors (Lipinski definition) is 5. The molecule has 0 saturated carbocycles. The highest BCUT2D eigenvalue weighted by Gasteiger charge is 2.20. The summed E-state index contributed by atoms with van der Waals surface area (Å²) < 4.78 is 5.44. The molecule has 0 aromatic carbocycles. The highest BCUT2D eigenvalue weighted by Crippen LogP contribution is 2.17. The van der Waals surface area contributed by atoms with Crippen LogP contribution in [0.5, 0.6) is 0 Å². The first kappa shape index (κ1) is 59.6. The molecule has 0 aromatic rings. The average molecular weight is 862 g/mol. The number of carbonyl (C=O) groups is 2. The standard InChI is InChI=1S/C55H107NO5/c1-3-5-7-9-11-13-15-17-19-21-22-23-25-27-31-35-39-43-47-53(58)52(51-57)56-54(59)48-44-40-36-32-29-30-34-38-42-46-50-61-55(60)49-45-41-37-33-28-26-24-20-18-16-14-12-10-8-6-4-2/h30,34,52-53,57-58H,3-29,31-33,35-51H2,1-2H3,(H,56,59)/b34-30-. The summed E-state index contributed by atoms with van der Waals surface area (Å²) in [7, 11) is 0. The highest BCUT2D eigenvalue weighted by atomic mass is 16.5. The lowest BCUT2D eigenvalue weighted by molar-refractivity contribution is -0.143. The molecule has 362 valence electrons. The van der Waals surface area contributed by atoms with Gasteiger partial charge in [0.25, 0.3) is 0 Å². The van der Waals surface area contributed by atoms with Crippen molar-refractivity contribution in [3.8, 4) is 0 Å². The Morgan fingerprint density at radius 1 is 0.443 bits per heavy atom. The van der Waals surface area contributed by atoms with Crippen LogP contribution >= 0.6 is 0 Å². The summed E-state index contributed by atoms with van der Waals surface area (Å²) in [5.74, 6) is -0.100. The second-order valence-electron chi connectivity index (χ2n) is 18.9. The molecule has 0 saturated heterocycles. The Bertz CT molecular complexity index is 909. The molecule has 0 rings (SSSR count). The van der Waals surface area contributed by atoms with Crippen LogP contribution in [0.3, 0.4) is 0 Å². The van der Waals surface area contributed by atoms with E-state index in [1.54, 1.807) is 0 Å². The van der Waals surface area contributed by atoms with Gasteiger partial charge in [-0.1, -0.05) is 251 Å². The number of ether oxygens (including phenoxy) is 1. The molecule has 6 heteroatoms. The summed E-state index contributed by atoms with van der Waals surface area (Å²) in [6.07, 6.45) is 59.1. The molecule has 0 aliphatic carbocycles. The van der Waals surface area contributed by atoms with Gasteiger partial charge in [-0.25, -0.2) is 0 Å². The Kier molecular flexibility index (Phi) is 50.1. The Morgan fingerprint density at radius 3 is 1.16 bits per heavy atom. The Balaban J connectivity index is 3.50. The zero-order chi connectivity index (χ0) is 44.4. The lowest BCUT2D eigenvalue weighted by atomic mass is 10.0. The topological polar surface area (TPSA) is 95.9 Å². The molecule has 6 nitrogen and oxygen atoms in total. The summed E-state index contributed by atoms with van der Waals surface area (Å²) in [4.78, 5) is 24.5. The minimum absolute atomic E-state index is 0.0322. The summed E-state index contributed by atoms with van der Waals surface area (Å²) in [6, 6.07) is -0.566. The zero-order valence-corrected chi connectivity index (χ0v) is 41.2. The smallest absolute Gasteiger partial charge is 0.305 e. The van der Waals surface area contributed by atoms with Crippen LogP contribution in [-0.4, -0.2) is 47.4 Å². The van der Waals surface area contributed by atoms with Crippen LogP contribution in [0.1, 0.15) is 303 Å². The molecular formula is C55H107NO5. The molecule has 0 aliphatic rings. The lowest BCUT2D eigenvalue weighted by Crippen LogP contribution is -2.45. The van der Waals surface area contributed by atoms with Crippen LogP contribution in [0.25, 0.3) is 0 Å². The van der Waals surface area contributed by atoms with Crippen molar-refractivity contribution in [2.45, 2.75) is 315 Å². The van der Waals surface area contributed by atoms with Crippen molar-refractivity contribution in [3.05, 3.63) is 12.2 Å². The predicted octanol–water partition coefficient (Wildman–Crippen LogP) is 16.5. The van der Waals surface area contributed by atoms with Gasteiger partial charge in [-0.2, -0.15) is 0 Å². The zero-order valence-electron chi connectivity index (χ0n) is 41.2. The van der Waals surface area contributed by atoms with E-state index < -0.39 is 12.1 Å². The van der Waals surface area contributed by atoms with Crippen LogP contribution in [0.4, 0.5) is 0 Å². The van der Waals surface area contributed by atoms with Crippen LogP contribution in [0.15, 0.2) is 12.2 Å². The third-order valence-corrected chi connectivity index (χ3v) is 12.8. The van der Waals surface area contributed by atoms with Crippen molar-refractivity contribution >= 4 is 11.9 Å². The number of esters is 1. The fourth-order valence-corrected chi connectivity index (χ4v) is 8.58. The van der Waals surface area contributed by atoms with Crippen molar-refractivity contribution in [1.29, 1.82) is 0 Å². The number of nitrogens with one attached hydrogen (secondary N) is 1. The second kappa shape index (κ2) is 51.2. The molecule has 61 heavy (non-hydrogen) atoms. The maximum Gasteiger partial charge on any atom is 0.305 e. The third kappa shape index (κ3) is 47.9. The fraction of sp³-hybridized carbons (Fsp3) is 0.927. The first-order chi connectivity index (χ1) is 30.0. The minimum atomic E-state index is -0.685. The quantitative estimate of drug-likeness (QED) is 0.0322. The van der Waals surface area contributed by atoms with Gasteiger partial charge in [0.05, 0.1) is 25.4 Å². The van der Waals surface area contributed by atoms with Crippen LogP contribution in [0.2, 0.25) is 0 Å². The number of aliphatic hydroxyl groups is 2. The minimum Gasteiger partial charge on any atom is -0.466 e. The van der Waals surface area contributed by atoms with Crippen molar-refractivity contribution < 1.29 is 24.5 Å². The van der Waals surface area contributed by atoms with Crippen molar-refractivity contribution in [2.24, 2.45) is 0 Å². The highest BCUT2D eigenvalue weighted by molar-refractivity contribution is 5.76. The van der Waals surface area contributed by atoms with E-state index in [2.05, 4.69) is 31.3 Å². The first-order valence-corrected chi connectivity index (χ1v) is 27.4. The molecule has 0 heterocycles. The molecule has 0 spiro atoms. The summed E-state index contributed by atoms with van der Waals surface area (Å²) in [5.41, 5.74) is 0. The summed E-state index contributed by atoms with van der Waals surface area (Å²) >= 11 is 0. The van der Waals surface area contributed by atoms with Gasteiger partial charge >= 0.3 is 5.97 Å². The van der Waals surface area contributed by atoms with E-state index in [0.717, 1.165) is 77.0 Å². The van der Waals surface area contributed by atoms with Crippen molar-refractivity contribution in [3.63, 3.8) is 0 Å². The van der Waals surface area contributed by atoms with E-state index in [4.69, 9.17) is 4.74 Å². The molecule has 0 fully saturated rings. The third-order valence-electron chi connectivity index (χ3n) is 12.8. The van der Waals surface area contributed by atoms with E-state index in [0.29, 0.717) is 25.9 Å². The van der Waals surface area contributed by atoms with Gasteiger partial charge in [-0.3, -0.25) is 9.59 Å². The maximum absolute atomic E-state index is 12.5. The van der Waals surface area contributed by atoms with Gasteiger partial charge in [0.1, 0.15) is 0 Å².